The fourth-order valence-corrected chi connectivity index (χ4v) is 1.37. The zero-order valence-electron chi connectivity index (χ0n) is 8.35. The Kier molecular flexibility index (Phi) is 2.32. The summed E-state index contributed by atoms with van der Waals surface area (Å²) in [4.78, 5) is 21.6. The second-order valence-corrected chi connectivity index (χ2v) is 3.23. The lowest BCUT2D eigenvalue weighted by molar-refractivity contribution is -0.114. The summed E-state index contributed by atoms with van der Waals surface area (Å²) < 4.78 is 4.83. The molecule has 0 aliphatic carbocycles. The van der Waals surface area contributed by atoms with Gasteiger partial charge < -0.3 is 14.9 Å². The predicted octanol–water partition coefficient (Wildman–Crippen LogP) is 1.48. The van der Waals surface area contributed by atoms with Crippen LogP contribution in [0.4, 0.5) is 5.69 Å². The van der Waals surface area contributed by atoms with Crippen molar-refractivity contribution >= 4 is 28.5 Å². The highest BCUT2D eigenvalue weighted by Gasteiger charge is 2.15. The minimum atomic E-state index is -1.17. The number of carboxylic acids is 1. The number of rotatable bonds is 2. The number of nitrogens with zero attached hydrogens (tertiary/aromatic N) is 1. The molecule has 0 bridgehead atoms. The summed E-state index contributed by atoms with van der Waals surface area (Å²) >= 11 is 0. The molecule has 1 heterocycles. The lowest BCUT2D eigenvalue weighted by Crippen LogP contribution is -2.05. The van der Waals surface area contributed by atoms with Crippen molar-refractivity contribution in [3.63, 3.8) is 0 Å². The molecular formula is C10H8N2O4. The number of anilines is 1. The smallest absolute Gasteiger partial charge is 0.358 e. The Balaban J connectivity index is 2.54. The van der Waals surface area contributed by atoms with Gasteiger partial charge in [-0.05, 0) is 18.2 Å². The normalized spacial score (nSPS) is 10.3. The Hall–Kier alpha value is -2.37. The van der Waals surface area contributed by atoms with Crippen molar-refractivity contribution in [2.75, 3.05) is 5.32 Å². The molecule has 0 saturated carbocycles. The molecule has 2 aromatic rings. The van der Waals surface area contributed by atoms with Crippen molar-refractivity contribution < 1.29 is 19.2 Å². The largest absolute Gasteiger partial charge is 0.476 e. The van der Waals surface area contributed by atoms with Gasteiger partial charge >= 0.3 is 5.97 Å². The van der Waals surface area contributed by atoms with Crippen LogP contribution in [0.5, 0.6) is 0 Å². The number of fused-ring (bicyclic) bond motifs is 1. The Morgan fingerprint density at radius 3 is 2.81 bits per heavy atom. The van der Waals surface area contributed by atoms with Gasteiger partial charge in [0.2, 0.25) is 5.91 Å². The number of benzene rings is 1. The molecule has 1 amide bonds. The third kappa shape index (κ3) is 1.72. The molecule has 0 atom stereocenters. The first kappa shape index (κ1) is 10.2. The number of hydrogen-bond donors (Lipinski definition) is 2. The van der Waals surface area contributed by atoms with Crippen molar-refractivity contribution in [1.82, 2.24) is 5.16 Å². The summed E-state index contributed by atoms with van der Waals surface area (Å²) in [5.74, 6) is -1.40. The molecule has 2 rings (SSSR count). The van der Waals surface area contributed by atoms with Crippen LogP contribution in [-0.2, 0) is 4.79 Å². The standard InChI is InChI=1S/C10H8N2O4/c1-5(13)11-6-2-3-8-7(4-6)9(10(14)15)12-16-8/h2-4H,1H3,(H,11,13)(H,14,15). The minimum absolute atomic E-state index is 0.165. The highest BCUT2D eigenvalue weighted by atomic mass is 16.5. The molecule has 2 N–H and O–H groups in total. The monoisotopic (exact) mass is 220 g/mol. The average Bonchev–Trinajstić information content (AvgIpc) is 2.59. The Labute approximate surface area is 89.8 Å². The predicted molar refractivity (Wildman–Crippen MR) is 55.3 cm³/mol. The first-order valence-electron chi connectivity index (χ1n) is 4.48. The van der Waals surface area contributed by atoms with E-state index >= 15 is 0 Å². The van der Waals surface area contributed by atoms with Crippen molar-refractivity contribution in [2.24, 2.45) is 0 Å². The molecule has 82 valence electrons. The number of hydrogen-bond acceptors (Lipinski definition) is 4. The summed E-state index contributed by atoms with van der Waals surface area (Å²) in [5, 5.41) is 15.2. The molecule has 0 unspecified atom stereocenters. The number of carbonyl (C=O) groups excluding carboxylic acids is 1. The van der Waals surface area contributed by atoms with Gasteiger partial charge in [-0.25, -0.2) is 4.79 Å². The molecule has 16 heavy (non-hydrogen) atoms. The van der Waals surface area contributed by atoms with Gasteiger partial charge in [0.05, 0.1) is 5.39 Å². The van der Waals surface area contributed by atoms with Crippen LogP contribution >= 0.6 is 0 Å². The number of carboxylic acid groups (broad SMARTS) is 1. The van der Waals surface area contributed by atoms with Crippen LogP contribution in [0.25, 0.3) is 11.0 Å². The second kappa shape index (κ2) is 3.65. The number of aromatic nitrogens is 1. The number of carbonyl (C=O) groups is 2. The van der Waals surface area contributed by atoms with Crippen LogP contribution in [0, 0.1) is 0 Å². The number of amides is 1. The molecule has 6 heteroatoms. The summed E-state index contributed by atoms with van der Waals surface area (Å²) in [6, 6.07) is 4.68. The van der Waals surface area contributed by atoms with E-state index in [4.69, 9.17) is 9.63 Å². The molecule has 1 aromatic carbocycles. The Morgan fingerprint density at radius 1 is 1.44 bits per heavy atom. The first-order chi connectivity index (χ1) is 7.58. The molecule has 0 aliphatic heterocycles. The topological polar surface area (TPSA) is 92.4 Å². The maximum atomic E-state index is 10.8. The highest BCUT2D eigenvalue weighted by molar-refractivity contribution is 6.02. The van der Waals surface area contributed by atoms with Crippen LogP contribution in [0.15, 0.2) is 22.7 Å². The molecule has 0 fully saturated rings. The zero-order valence-corrected chi connectivity index (χ0v) is 8.35. The van der Waals surface area contributed by atoms with Crippen LogP contribution in [-0.4, -0.2) is 22.1 Å². The Morgan fingerprint density at radius 2 is 2.19 bits per heavy atom. The van der Waals surface area contributed by atoms with E-state index in [9.17, 15) is 9.59 Å². The first-order valence-corrected chi connectivity index (χ1v) is 4.48. The van der Waals surface area contributed by atoms with Crippen LogP contribution in [0.2, 0.25) is 0 Å². The minimum Gasteiger partial charge on any atom is -0.476 e. The number of nitrogens with one attached hydrogen (secondary N) is 1. The van der Waals surface area contributed by atoms with Crippen molar-refractivity contribution in [1.29, 1.82) is 0 Å². The van der Waals surface area contributed by atoms with Gasteiger partial charge in [-0.15, -0.1) is 0 Å². The fourth-order valence-electron chi connectivity index (χ4n) is 1.37. The fraction of sp³-hybridized carbons (Fsp3) is 0.100. The van der Waals surface area contributed by atoms with Gasteiger partial charge in [-0.1, -0.05) is 5.16 Å². The summed E-state index contributed by atoms with van der Waals surface area (Å²) in [6.07, 6.45) is 0. The van der Waals surface area contributed by atoms with Crippen molar-refractivity contribution in [3.05, 3.63) is 23.9 Å². The maximum absolute atomic E-state index is 10.8. The van der Waals surface area contributed by atoms with Gasteiger partial charge in [0.15, 0.2) is 11.3 Å². The molecule has 6 nitrogen and oxygen atoms in total. The zero-order chi connectivity index (χ0) is 11.7. The van der Waals surface area contributed by atoms with E-state index in [1.54, 1.807) is 12.1 Å². The van der Waals surface area contributed by atoms with Gasteiger partial charge in [0.1, 0.15) is 0 Å². The van der Waals surface area contributed by atoms with Crippen molar-refractivity contribution in [2.45, 2.75) is 6.92 Å². The third-order valence-electron chi connectivity index (χ3n) is 1.99. The van der Waals surface area contributed by atoms with E-state index in [1.165, 1.54) is 13.0 Å². The molecule has 0 aliphatic rings. The van der Waals surface area contributed by atoms with Gasteiger partial charge in [-0.3, -0.25) is 4.79 Å². The van der Waals surface area contributed by atoms with Gasteiger partial charge in [0, 0.05) is 12.6 Å². The van der Waals surface area contributed by atoms with E-state index in [0.717, 1.165) is 0 Å². The molecule has 0 radical (unpaired) electrons. The molecule has 0 saturated heterocycles. The summed E-state index contributed by atoms with van der Waals surface area (Å²) in [7, 11) is 0. The average molecular weight is 220 g/mol. The van der Waals surface area contributed by atoms with E-state index in [1.807, 2.05) is 0 Å². The van der Waals surface area contributed by atoms with Crippen molar-refractivity contribution in [3.8, 4) is 0 Å². The molecule has 0 spiro atoms. The maximum Gasteiger partial charge on any atom is 0.358 e. The van der Waals surface area contributed by atoms with E-state index in [-0.39, 0.29) is 11.6 Å². The lowest BCUT2D eigenvalue weighted by Gasteiger charge is -2.00. The van der Waals surface area contributed by atoms with E-state index in [0.29, 0.717) is 16.7 Å². The third-order valence-corrected chi connectivity index (χ3v) is 1.99. The quantitative estimate of drug-likeness (QED) is 0.799. The van der Waals surface area contributed by atoms with Crippen LogP contribution in [0.3, 0.4) is 0 Å². The van der Waals surface area contributed by atoms with Gasteiger partial charge in [0.25, 0.3) is 0 Å². The van der Waals surface area contributed by atoms with E-state index in [2.05, 4.69) is 10.5 Å². The second-order valence-electron chi connectivity index (χ2n) is 3.23. The summed E-state index contributed by atoms with van der Waals surface area (Å²) in [5.41, 5.74) is 0.708. The number of aromatic carboxylic acids is 1. The van der Waals surface area contributed by atoms with Gasteiger partial charge in [-0.2, -0.15) is 0 Å². The van der Waals surface area contributed by atoms with Crippen LogP contribution < -0.4 is 5.32 Å². The SMILES string of the molecule is CC(=O)Nc1ccc2onc(C(=O)O)c2c1. The van der Waals surface area contributed by atoms with E-state index < -0.39 is 5.97 Å². The van der Waals surface area contributed by atoms with Crippen LogP contribution in [0.1, 0.15) is 17.4 Å². The summed E-state index contributed by atoms with van der Waals surface area (Å²) in [6.45, 7) is 1.37. The lowest BCUT2D eigenvalue weighted by atomic mass is 10.2. The highest BCUT2D eigenvalue weighted by Crippen LogP contribution is 2.22. The molecule has 1 aromatic heterocycles. The Bertz CT molecular complexity index is 573. The molecular weight excluding hydrogens is 212 g/mol.